The topological polar surface area (TPSA) is 97.1 Å². The van der Waals surface area contributed by atoms with Crippen molar-refractivity contribution in [2.45, 2.75) is 6.92 Å². The molecule has 1 heterocycles. The van der Waals surface area contributed by atoms with Gasteiger partial charge >= 0.3 is 11.8 Å². The average Bonchev–Trinajstić information content (AvgIpc) is 3.16. The van der Waals surface area contributed by atoms with Crippen LogP contribution in [0.3, 0.4) is 0 Å². The number of hydrogen-bond acceptors (Lipinski definition) is 5. The highest BCUT2D eigenvalue weighted by atomic mass is 35.5. The number of rotatable bonds is 6. The molecule has 3 rings (SSSR count). The second kappa shape index (κ2) is 8.46. The standard InChI is InChI=1S/C19H17ClN4O3/c1-12-5-7-13(8-6-12)17(25)21-9-10-22-18(26)19-23-16(24-27-19)14-3-2-4-15(20)11-14/h2-8,11H,9-10H2,1H3,(H,21,25)(H,22,26). The van der Waals surface area contributed by atoms with E-state index in [1.165, 1.54) is 0 Å². The molecule has 0 spiro atoms. The third-order valence-electron chi connectivity index (χ3n) is 3.71. The first-order valence-electron chi connectivity index (χ1n) is 8.25. The quantitative estimate of drug-likeness (QED) is 0.637. The highest BCUT2D eigenvalue weighted by Gasteiger charge is 2.16. The van der Waals surface area contributed by atoms with Gasteiger partial charge in [0, 0.05) is 29.2 Å². The van der Waals surface area contributed by atoms with Crippen LogP contribution in [0.2, 0.25) is 5.02 Å². The Labute approximate surface area is 160 Å². The fourth-order valence-electron chi connectivity index (χ4n) is 2.30. The summed E-state index contributed by atoms with van der Waals surface area (Å²) in [5.41, 5.74) is 2.29. The zero-order valence-electron chi connectivity index (χ0n) is 14.5. The Bertz CT molecular complexity index is 954. The lowest BCUT2D eigenvalue weighted by molar-refractivity contribution is 0.0898. The zero-order valence-corrected chi connectivity index (χ0v) is 15.3. The van der Waals surface area contributed by atoms with Crippen molar-refractivity contribution >= 4 is 23.4 Å². The molecule has 0 unspecified atom stereocenters. The first kappa shape index (κ1) is 18.6. The fraction of sp³-hybridized carbons (Fsp3) is 0.158. The molecule has 0 aliphatic heterocycles. The lowest BCUT2D eigenvalue weighted by Gasteiger charge is -2.06. The van der Waals surface area contributed by atoms with E-state index < -0.39 is 5.91 Å². The third kappa shape index (κ3) is 4.92. The van der Waals surface area contributed by atoms with E-state index >= 15 is 0 Å². The van der Waals surface area contributed by atoms with Crippen LogP contribution in [0.25, 0.3) is 11.4 Å². The van der Waals surface area contributed by atoms with Crippen molar-refractivity contribution in [3.8, 4) is 11.4 Å². The summed E-state index contributed by atoms with van der Waals surface area (Å²) >= 11 is 5.93. The van der Waals surface area contributed by atoms with Gasteiger partial charge in [0.1, 0.15) is 0 Å². The molecule has 138 valence electrons. The molecule has 1 aromatic heterocycles. The van der Waals surface area contributed by atoms with Crippen LogP contribution in [0.4, 0.5) is 0 Å². The van der Waals surface area contributed by atoms with Gasteiger partial charge in [0.25, 0.3) is 5.91 Å². The van der Waals surface area contributed by atoms with E-state index in [-0.39, 0.29) is 30.7 Å². The Morgan fingerprint density at radius 3 is 2.44 bits per heavy atom. The first-order valence-corrected chi connectivity index (χ1v) is 8.63. The molecule has 0 atom stereocenters. The molecule has 0 radical (unpaired) electrons. The Hall–Kier alpha value is -3.19. The van der Waals surface area contributed by atoms with Crippen molar-refractivity contribution in [1.29, 1.82) is 0 Å². The van der Waals surface area contributed by atoms with Crippen molar-refractivity contribution in [3.63, 3.8) is 0 Å². The summed E-state index contributed by atoms with van der Waals surface area (Å²) in [6.45, 7) is 2.45. The predicted octanol–water partition coefficient (Wildman–Crippen LogP) is 2.86. The van der Waals surface area contributed by atoms with Gasteiger partial charge in [-0.05, 0) is 31.2 Å². The molecule has 0 bridgehead atoms. The zero-order chi connectivity index (χ0) is 19.2. The summed E-state index contributed by atoms with van der Waals surface area (Å²) in [4.78, 5) is 28.1. The van der Waals surface area contributed by atoms with Crippen molar-refractivity contribution in [2.75, 3.05) is 13.1 Å². The molecule has 8 heteroatoms. The molecule has 0 saturated carbocycles. The van der Waals surface area contributed by atoms with Crippen LogP contribution in [0, 0.1) is 6.92 Å². The van der Waals surface area contributed by atoms with E-state index in [2.05, 4.69) is 20.8 Å². The van der Waals surface area contributed by atoms with Crippen LogP contribution in [0.1, 0.15) is 26.6 Å². The van der Waals surface area contributed by atoms with Crippen molar-refractivity contribution < 1.29 is 14.1 Å². The molecule has 0 aliphatic carbocycles. The maximum absolute atomic E-state index is 12.1. The summed E-state index contributed by atoms with van der Waals surface area (Å²) < 4.78 is 4.98. The van der Waals surface area contributed by atoms with Crippen molar-refractivity contribution in [2.24, 2.45) is 0 Å². The molecule has 2 aromatic carbocycles. The molecule has 2 amide bonds. The largest absolute Gasteiger partial charge is 0.350 e. The van der Waals surface area contributed by atoms with E-state index in [1.807, 2.05) is 19.1 Å². The van der Waals surface area contributed by atoms with Gasteiger partial charge in [-0.15, -0.1) is 0 Å². The molecule has 2 N–H and O–H groups in total. The Kier molecular flexibility index (Phi) is 5.83. The van der Waals surface area contributed by atoms with E-state index in [1.54, 1.807) is 36.4 Å². The summed E-state index contributed by atoms with van der Waals surface area (Å²) in [7, 11) is 0. The highest BCUT2D eigenvalue weighted by molar-refractivity contribution is 6.30. The van der Waals surface area contributed by atoms with Gasteiger partial charge in [-0.1, -0.05) is 46.6 Å². The van der Waals surface area contributed by atoms with Crippen LogP contribution >= 0.6 is 11.6 Å². The minimum Gasteiger partial charge on any atom is -0.350 e. The van der Waals surface area contributed by atoms with E-state index in [4.69, 9.17) is 16.1 Å². The lowest BCUT2D eigenvalue weighted by atomic mass is 10.1. The van der Waals surface area contributed by atoms with Gasteiger partial charge < -0.3 is 15.2 Å². The molecule has 3 aromatic rings. The second-order valence-electron chi connectivity index (χ2n) is 5.81. The van der Waals surface area contributed by atoms with Crippen LogP contribution in [-0.2, 0) is 0 Å². The van der Waals surface area contributed by atoms with Crippen LogP contribution in [-0.4, -0.2) is 35.0 Å². The molecule has 27 heavy (non-hydrogen) atoms. The third-order valence-corrected chi connectivity index (χ3v) is 3.95. The number of carbonyl (C=O) groups is 2. The number of aromatic nitrogens is 2. The van der Waals surface area contributed by atoms with Gasteiger partial charge in [-0.3, -0.25) is 9.59 Å². The number of aryl methyl sites for hydroxylation is 1. The number of nitrogens with one attached hydrogen (secondary N) is 2. The van der Waals surface area contributed by atoms with Crippen molar-refractivity contribution in [1.82, 2.24) is 20.8 Å². The SMILES string of the molecule is Cc1ccc(C(=O)NCCNC(=O)c2nc(-c3cccc(Cl)c3)no2)cc1. The fourth-order valence-corrected chi connectivity index (χ4v) is 2.49. The maximum atomic E-state index is 12.1. The monoisotopic (exact) mass is 384 g/mol. The number of amides is 2. The Morgan fingerprint density at radius 1 is 1.04 bits per heavy atom. The Morgan fingerprint density at radius 2 is 1.74 bits per heavy atom. The number of benzene rings is 2. The molecular formula is C19H17ClN4O3. The normalized spacial score (nSPS) is 10.4. The smallest absolute Gasteiger partial charge is 0.316 e. The van der Waals surface area contributed by atoms with E-state index in [0.717, 1.165) is 5.56 Å². The summed E-state index contributed by atoms with van der Waals surface area (Å²) in [5, 5.41) is 9.65. The molecular weight excluding hydrogens is 368 g/mol. The average molecular weight is 385 g/mol. The van der Waals surface area contributed by atoms with Crippen LogP contribution in [0.5, 0.6) is 0 Å². The lowest BCUT2D eigenvalue weighted by Crippen LogP contribution is -2.34. The van der Waals surface area contributed by atoms with Gasteiger partial charge in [-0.25, -0.2) is 0 Å². The maximum Gasteiger partial charge on any atom is 0.316 e. The summed E-state index contributed by atoms with van der Waals surface area (Å²) in [6.07, 6.45) is 0. The van der Waals surface area contributed by atoms with Gasteiger partial charge in [0.05, 0.1) is 0 Å². The molecule has 0 saturated heterocycles. The predicted molar refractivity (Wildman–Crippen MR) is 101 cm³/mol. The number of nitrogens with zero attached hydrogens (tertiary/aromatic N) is 2. The van der Waals surface area contributed by atoms with Crippen LogP contribution < -0.4 is 10.6 Å². The molecule has 7 nitrogen and oxygen atoms in total. The van der Waals surface area contributed by atoms with Crippen LogP contribution in [0.15, 0.2) is 53.1 Å². The van der Waals surface area contributed by atoms with Gasteiger partial charge in [-0.2, -0.15) is 4.98 Å². The first-order chi connectivity index (χ1) is 13.0. The van der Waals surface area contributed by atoms with E-state index in [0.29, 0.717) is 16.1 Å². The second-order valence-corrected chi connectivity index (χ2v) is 6.25. The number of hydrogen-bond donors (Lipinski definition) is 2. The van der Waals surface area contributed by atoms with Crippen molar-refractivity contribution in [3.05, 3.63) is 70.6 Å². The minimum absolute atomic E-state index is 0.158. The summed E-state index contributed by atoms with van der Waals surface area (Å²) in [5.74, 6) is -0.601. The number of carbonyl (C=O) groups excluding carboxylic acids is 2. The van der Waals surface area contributed by atoms with Gasteiger partial charge in [0.2, 0.25) is 5.82 Å². The highest BCUT2D eigenvalue weighted by Crippen LogP contribution is 2.19. The number of halogens is 1. The molecule has 0 aliphatic rings. The summed E-state index contributed by atoms with van der Waals surface area (Å²) in [6, 6.07) is 14.1. The van der Waals surface area contributed by atoms with E-state index in [9.17, 15) is 9.59 Å². The molecule has 0 fully saturated rings. The Balaban J connectivity index is 1.48. The van der Waals surface area contributed by atoms with Gasteiger partial charge in [0.15, 0.2) is 0 Å². The minimum atomic E-state index is -0.514.